The fraction of sp³-hybridized carbons (Fsp3) is 0.286. The van der Waals surface area contributed by atoms with Crippen LogP contribution in [0.4, 0.5) is 24.7 Å². The van der Waals surface area contributed by atoms with Crippen LogP contribution < -0.4 is 16.0 Å². The maximum absolute atomic E-state index is 13.0. The van der Waals surface area contributed by atoms with Gasteiger partial charge in [-0.05, 0) is 30.2 Å². The van der Waals surface area contributed by atoms with Crippen LogP contribution in [0.3, 0.4) is 0 Å². The van der Waals surface area contributed by atoms with Gasteiger partial charge in [0.05, 0.1) is 23.6 Å². The number of nitrogens with one attached hydrogen (secondary N) is 3. The fourth-order valence-corrected chi connectivity index (χ4v) is 3.29. The van der Waals surface area contributed by atoms with Crippen molar-refractivity contribution in [1.82, 2.24) is 15.1 Å². The van der Waals surface area contributed by atoms with Crippen LogP contribution in [0.5, 0.6) is 0 Å². The molecular formula is C21H22F3N5O2. The number of halogens is 3. The molecule has 1 unspecified atom stereocenters. The second kappa shape index (κ2) is 9.07. The number of nitrogens with zero attached hydrogens (tertiary/aromatic N) is 2. The molecule has 1 aromatic heterocycles. The van der Waals surface area contributed by atoms with Gasteiger partial charge in [0.2, 0.25) is 5.91 Å². The summed E-state index contributed by atoms with van der Waals surface area (Å²) in [7, 11) is 3.18. The number of rotatable bonds is 6. The molecule has 2 amide bonds. The Morgan fingerprint density at radius 1 is 1.23 bits per heavy atom. The lowest BCUT2D eigenvalue weighted by Gasteiger charge is -2.19. The molecule has 164 valence electrons. The normalized spacial score (nSPS) is 15.9. The number of hydrogen-bond donors (Lipinski definition) is 3. The van der Waals surface area contributed by atoms with Crippen LogP contribution in [0, 0.1) is 5.92 Å². The molecule has 0 aliphatic heterocycles. The van der Waals surface area contributed by atoms with E-state index in [1.807, 2.05) is 0 Å². The van der Waals surface area contributed by atoms with Crippen molar-refractivity contribution < 1.29 is 22.8 Å². The van der Waals surface area contributed by atoms with Gasteiger partial charge in [-0.3, -0.25) is 9.59 Å². The molecule has 1 heterocycles. The Balaban J connectivity index is 1.74. The van der Waals surface area contributed by atoms with Crippen molar-refractivity contribution in [2.75, 3.05) is 24.7 Å². The van der Waals surface area contributed by atoms with Crippen LogP contribution in [0.1, 0.15) is 22.3 Å². The molecule has 2 aromatic rings. The zero-order valence-electron chi connectivity index (χ0n) is 17.0. The largest absolute Gasteiger partial charge is 0.395 e. The smallest absolute Gasteiger partial charge is 0.387 e. The van der Waals surface area contributed by atoms with Gasteiger partial charge in [-0.1, -0.05) is 18.2 Å². The molecule has 1 atom stereocenters. The van der Waals surface area contributed by atoms with Crippen molar-refractivity contribution in [2.24, 2.45) is 5.92 Å². The van der Waals surface area contributed by atoms with Crippen molar-refractivity contribution in [3.05, 3.63) is 59.8 Å². The second-order valence-corrected chi connectivity index (χ2v) is 6.92. The Kier molecular flexibility index (Phi) is 6.47. The molecule has 0 bridgehead atoms. The molecular weight excluding hydrogens is 411 g/mol. The van der Waals surface area contributed by atoms with Gasteiger partial charge in [-0.15, -0.1) is 0 Å². The van der Waals surface area contributed by atoms with Crippen LogP contribution in [0.2, 0.25) is 0 Å². The van der Waals surface area contributed by atoms with Crippen LogP contribution in [-0.2, 0) is 11.2 Å². The zero-order valence-corrected chi connectivity index (χ0v) is 17.0. The van der Waals surface area contributed by atoms with Gasteiger partial charge in [0.15, 0.2) is 5.82 Å². The molecule has 0 saturated carbocycles. The highest BCUT2D eigenvalue weighted by Crippen LogP contribution is 2.34. The van der Waals surface area contributed by atoms with Crippen LogP contribution in [-0.4, -0.2) is 41.9 Å². The highest BCUT2D eigenvalue weighted by atomic mass is 19.4. The summed E-state index contributed by atoms with van der Waals surface area (Å²) < 4.78 is 40.2. The highest BCUT2D eigenvalue weighted by molar-refractivity contribution is 6.03. The first-order valence-corrected chi connectivity index (χ1v) is 9.55. The van der Waals surface area contributed by atoms with E-state index in [2.05, 4.69) is 21.0 Å². The van der Waals surface area contributed by atoms with Crippen molar-refractivity contribution in [3.63, 3.8) is 0 Å². The lowest BCUT2D eigenvalue weighted by Crippen LogP contribution is -2.23. The first kappa shape index (κ1) is 22.1. The minimum atomic E-state index is -4.33. The highest BCUT2D eigenvalue weighted by Gasteiger charge is 2.38. The van der Waals surface area contributed by atoms with Crippen molar-refractivity contribution in [2.45, 2.75) is 19.0 Å². The number of alkyl halides is 3. The topological polar surface area (TPSA) is 88.1 Å². The number of carbonyl (C=O) groups excluding carboxylic acids is 2. The molecule has 0 saturated heterocycles. The van der Waals surface area contributed by atoms with E-state index in [-0.39, 0.29) is 30.3 Å². The Morgan fingerprint density at radius 3 is 2.68 bits per heavy atom. The molecule has 0 radical (unpaired) electrons. The summed E-state index contributed by atoms with van der Waals surface area (Å²) in [6.07, 6.45) is 1.06. The summed E-state index contributed by atoms with van der Waals surface area (Å²) in [6.45, 7) is 0. The maximum Gasteiger partial charge on any atom is 0.395 e. The molecule has 7 nitrogen and oxygen atoms in total. The van der Waals surface area contributed by atoms with Crippen molar-refractivity contribution in [3.8, 4) is 0 Å². The summed E-state index contributed by atoms with van der Waals surface area (Å²) in [5.41, 5.74) is 1.75. The SMILES string of the molecule is CNC(=O)c1c(CC(=O)Nc2ccn(C3=CC(C(F)(F)F)CC=C3)n2)cccc1NC. The second-order valence-electron chi connectivity index (χ2n) is 6.92. The zero-order chi connectivity index (χ0) is 22.6. The molecule has 1 aliphatic rings. The Hall–Kier alpha value is -3.56. The number of allylic oxidation sites excluding steroid dienone is 4. The summed E-state index contributed by atoms with van der Waals surface area (Å²) in [5.74, 6) is -2.12. The summed E-state index contributed by atoms with van der Waals surface area (Å²) in [4.78, 5) is 24.8. The van der Waals surface area contributed by atoms with Crippen LogP contribution in [0.25, 0.3) is 5.70 Å². The molecule has 3 rings (SSSR count). The van der Waals surface area contributed by atoms with Gasteiger partial charge in [-0.25, -0.2) is 4.68 Å². The lowest BCUT2D eigenvalue weighted by molar-refractivity contribution is -0.160. The Bertz CT molecular complexity index is 1040. The third-order valence-corrected chi connectivity index (χ3v) is 4.82. The Labute approximate surface area is 177 Å². The fourth-order valence-electron chi connectivity index (χ4n) is 3.29. The van der Waals surface area contributed by atoms with Gasteiger partial charge in [0, 0.05) is 32.0 Å². The molecule has 10 heteroatoms. The van der Waals surface area contributed by atoms with Crippen molar-refractivity contribution in [1.29, 1.82) is 0 Å². The summed E-state index contributed by atoms with van der Waals surface area (Å²) in [6, 6.07) is 6.63. The van der Waals surface area contributed by atoms with Gasteiger partial charge in [0.25, 0.3) is 5.91 Å². The molecule has 3 N–H and O–H groups in total. The quantitative estimate of drug-likeness (QED) is 0.651. The van der Waals surface area contributed by atoms with E-state index in [1.54, 1.807) is 31.3 Å². The van der Waals surface area contributed by atoms with E-state index in [4.69, 9.17) is 0 Å². The molecule has 0 fully saturated rings. The first-order valence-electron chi connectivity index (χ1n) is 9.55. The van der Waals surface area contributed by atoms with Gasteiger partial charge < -0.3 is 16.0 Å². The molecule has 1 aromatic carbocycles. The number of anilines is 2. The summed E-state index contributed by atoms with van der Waals surface area (Å²) in [5, 5.41) is 12.2. The Morgan fingerprint density at radius 2 is 2.00 bits per heavy atom. The van der Waals surface area contributed by atoms with E-state index < -0.39 is 18.0 Å². The average Bonchev–Trinajstić information content (AvgIpc) is 3.20. The minimum Gasteiger partial charge on any atom is -0.387 e. The van der Waals surface area contributed by atoms with E-state index in [0.717, 1.165) is 6.08 Å². The third kappa shape index (κ3) is 5.14. The van der Waals surface area contributed by atoms with Gasteiger partial charge >= 0.3 is 6.18 Å². The lowest BCUT2D eigenvalue weighted by atomic mass is 9.99. The van der Waals surface area contributed by atoms with Crippen LogP contribution in [0.15, 0.2) is 48.7 Å². The van der Waals surface area contributed by atoms with E-state index >= 15 is 0 Å². The number of aromatic nitrogens is 2. The van der Waals surface area contributed by atoms with E-state index in [0.29, 0.717) is 16.8 Å². The molecule has 1 aliphatic carbocycles. The standard InChI is InChI=1S/C21H22F3N5O2/c1-25-16-8-3-5-13(19(16)20(31)26-2)11-18(30)27-17-9-10-29(28-17)15-7-4-6-14(12-15)21(22,23)24/h3-5,7-10,12,14,25H,6,11H2,1-2H3,(H,26,31)(H,27,28,30). The molecule has 0 spiro atoms. The predicted molar refractivity (Wildman–Crippen MR) is 112 cm³/mol. The van der Waals surface area contributed by atoms with Crippen molar-refractivity contribution >= 4 is 29.0 Å². The average molecular weight is 433 g/mol. The van der Waals surface area contributed by atoms with Gasteiger partial charge in [-0.2, -0.15) is 18.3 Å². The number of hydrogen-bond acceptors (Lipinski definition) is 4. The van der Waals surface area contributed by atoms with Gasteiger partial charge in [0.1, 0.15) is 0 Å². The number of benzene rings is 1. The predicted octanol–water partition coefficient (Wildman–Crippen LogP) is 3.44. The third-order valence-electron chi connectivity index (χ3n) is 4.82. The summed E-state index contributed by atoms with van der Waals surface area (Å²) >= 11 is 0. The first-order chi connectivity index (χ1) is 14.7. The number of carbonyl (C=O) groups is 2. The maximum atomic E-state index is 13.0. The molecule has 31 heavy (non-hydrogen) atoms. The van der Waals surface area contributed by atoms with E-state index in [1.165, 1.54) is 30.1 Å². The number of amides is 2. The van der Waals surface area contributed by atoms with E-state index in [9.17, 15) is 22.8 Å². The minimum absolute atomic E-state index is 0.0795. The monoisotopic (exact) mass is 433 g/mol. The van der Waals surface area contributed by atoms with Crippen LogP contribution >= 0.6 is 0 Å².